The van der Waals surface area contributed by atoms with Crippen molar-refractivity contribution in [1.82, 2.24) is 14.9 Å². The van der Waals surface area contributed by atoms with Gasteiger partial charge in [0.2, 0.25) is 17.7 Å². The first-order chi connectivity index (χ1) is 18.5. The molecule has 3 aliphatic rings. The second-order valence-electron chi connectivity index (χ2n) is 9.24. The smallest absolute Gasteiger partial charge is 0.414 e. The standard InChI is InChI=1S/C26H26N6O5S/c1-36-23-5-3-18-25(29-23)20(6-7-27-18)30-8-10-31(11-9-30)24(34)13-17-14-37-26(35)32(17)16-2-4-21-19(12-16)28-22(33)15-38-21/h2-7,12,17H,8-11,13-15H2,1H3,(H,28,33)/t17-/m0/s1. The Labute approximate surface area is 223 Å². The van der Waals surface area contributed by atoms with Gasteiger partial charge in [-0.3, -0.25) is 19.5 Å². The van der Waals surface area contributed by atoms with E-state index in [1.165, 1.54) is 16.7 Å². The van der Waals surface area contributed by atoms with Crippen molar-refractivity contribution in [2.75, 3.05) is 60.8 Å². The van der Waals surface area contributed by atoms with Crippen LogP contribution in [-0.2, 0) is 14.3 Å². The lowest BCUT2D eigenvalue weighted by atomic mass is 10.1. The second-order valence-corrected chi connectivity index (χ2v) is 10.3. The summed E-state index contributed by atoms with van der Waals surface area (Å²) in [6.07, 6.45) is 1.43. The minimum atomic E-state index is -0.491. The third kappa shape index (κ3) is 4.55. The van der Waals surface area contributed by atoms with Gasteiger partial charge in [0, 0.05) is 49.0 Å². The van der Waals surface area contributed by atoms with Gasteiger partial charge in [0.05, 0.1) is 42.2 Å². The molecule has 2 fully saturated rings. The second kappa shape index (κ2) is 10.0. The van der Waals surface area contributed by atoms with Crippen LogP contribution >= 0.6 is 11.8 Å². The van der Waals surface area contributed by atoms with Gasteiger partial charge in [-0.1, -0.05) is 0 Å². The van der Waals surface area contributed by atoms with E-state index >= 15 is 0 Å². The number of amides is 3. The van der Waals surface area contributed by atoms with Crippen LogP contribution < -0.4 is 19.9 Å². The maximum absolute atomic E-state index is 13.3. The average molecular weight is 535 g/mol. The molecule has 2 saturated heterocycles. The molecule has 0 saturated carbocycles. The van der Waals surface area contributed by atoms with Crippen LogP contribution in [0.15, 0.2) is 47.5 Å². The number of hydrogen-bond acceptors (Lipinski definition) is 9. The van der Waals surface area contributed by atoms with Crippen LogP contribution in [0, 0.1) is 0 Å². The normalized spacial score (nSPS) is 19.3. The molecule has 3 aliphatic heterocycles. The van der Waals surface area contributed by atoms with E-state index in [1.807, 2.05) is 29.2 Å². The lowest BCUT2D eigenvalue weighted by Gasteiger charge is -2.37. The minimum Gasteiger partial charge on any atom is -0.481 e. The van der Waals surface area contributed by atoms with Crippen LogP contribution in [0.25, 0.3) is 11.0 Å². The Morgan fingerprint density at radius 2 is 2.00 bits per heavy atom. The summed E-state index contributed by atoms with van der Waals surface area (Å²) in [4.78, 5) is 53.2. The molecule has 1 aromatic carbocycles. The molecule has 3 amide bonds. The Hall–Kier alpha value is -4.06. The molecule has 1 atom stereocenters. The fourth-order valence-corrected chi connectivity index (χ4v) is 5.83. The maximum Gasteiger partial charge on any atom is 0.414 e. The highest BCUT2D eigenvalue weighted by atomic mass is 32.2. The van der Waals surface area contributed by atoms with Crippen LogP contribution in [0.4, 0.5) is 21.9 Å². The van der Waals surface area contributed by atoms with Gasteiger partial charge in [-0.2, -0.15) is 0 Å². The number of piperazine rings is 1. The summed E-state index contributed by atoms with van der Waals surface area (Å²) in [5, 5.41) is 2.85. The highest BCUT2D eigenvalue weighted by molar-refractivity contribution is 8.00. The zero-order valence-electron chi connectivity index (χ0n) is 20.8. The first-order valence-corrected chi connectivity index (χ1v) is 13.3. The van der Waals surface area contributed by atoms with Gasteiger partial charge < -0.3 is 24.6 Å². The van der Waals surface area contributed by atoms with Crippen molar-refractivity contribution in [1.29, 1.82) is 0 Å². The van der Waals surface area contributed by atoms with Gasteiger partial charge in [-0.15, -0.1) is 11.8 Å². The molecule has 196 valence electrons. The number of aromatic nitrogens is 2. The van der Waals surface area contributed by atoms with Crippen molar-refractivity contribution >= 4 is 57.8 Å². The number of carbonyl (C=O) groups is 3. The van der Waals surface area contributed by atoms with Crippen molar-refractivity contribution in [3.63, 3.8) is 0 Å². The molecule has 11 nitrogen and oxygen atoms in total. The van der Waals surface area contributed by atoms with Gasteiger partial charge in [0.1, 0.15) is 12.1 Å². The molecule has 0 aliphatic carbocycles. The van der Waals surface area contributed by atoms with E-state index in [2.05, 4.69) is 20.2 Å². The molecule has 12 heteroatoms. The van der Waals surface area contributed by atoms with Gasteiger partial charge in [-0.25, -0.2) is 9.78 Å². The summed E-state index contributed by atoms with van der Waals surface area (Å²) in [5.41, 5.74) is 3.78. The maximum atomic E-state index is 13.3. The predicted octanol–water partition coefficient (Wildman–Crippen LogP) is 2.75. The molecule has 0 bridgehead atoms. The molecular weight excluding hydrogens is 508 g/mol. The fraction of sp³-hybridized carbons (Fsp3) is 0.346. The summed E-state index contributed by atoms with van der Waals surface area (Å²) in [5.74, 6) is 0.784. The van der Waals surface area contributed by atoms with Crippen molar-refractivity contribution in [3.05, 3.63) is 42.6 Å². The highest BCUT2D eigenvalue weighted by Gasteiger charge is 2.37. The fourth-order valence-electron chi connectivity index (χ4n) is 5.04. The van der Waals surface area contributed by atoms with Crippen molar-refractivity contribution in [3.8, 4) is 5.88 Å². The lowest BCUT2D eigenvalue weighted by Crippen LogP contribution is -2.50. The van der Waals surface area contributed by atoms with E-state index in [0.717, 1.165) is 21.6 Å². The number of carbonyl (C=O) groups excluding carboxylic acids is 3. The molecule has 3 aromatic rings. The Balaban J connectivity index is 1.12. The van der Waals surface area contributed by atoms with E-state index in [1.54, 1.807) is 25.4 Å². The summed E-state index contributed by atoms with van der Waals surface area (Å²) in [6.45, 7) is 2.54. The number of ether oxygens (including phenoxy) is 2. The Morgan fingerprint density at radius 1 is 1.16 bits per heavy atom. The quantitative estimate of drug-likeness (QED) is 0.527. The van der Waals surface area contributed by atoms with Gasteiger partial charge >= 0.3 is 6.09 Å². The largest absolute Gasteiger partial charge is 0.481 e. The number of nitrogens with zero attached hydrogens (tertiary/aromatic N) is 5. The Kier molecular flexibility index (Phi) is 6.40. The van der Waals surface area contributed by atoms with E-state index in [4.69, 9.17) is 9.47 Å². The molecular formula is C26H26N6O5S. The third-order valence-electron chi connectivity index (χ3n) is 6.96. The summed E-state index contributed by atoms with van der Waals surface area (Å²) in [7, 11) is 1.58. The molecule has 0 radical (unpaired) electrons. The van der Waals surface area contributed by atoms with Gasteiger partial charge in [-0.05, 0) is 30.3 Å². The molecule has 0 spiro atoms. The SMILES string of the molecule is COc1ccc2nccc(N3CCN(C(=O)C[C@H]4COC(=O)N4c4ccc5c(c4)NC(=O)CS5)CC3)c2n1. The predicted molar refractivity (Wildman–Crippen MR) is 143 cm³/mol. The molecule has 6 rings (SSSR count). The molecule has 0 unspecified atom stereocenters. The highest BCUT2D eigenvalue weighted by Crippen LogP contribution is 2.36. The average Bonchev–Trinajstić information content (AvgIpc) is 3.31. The number of benzene rings is 1. The van der Waals surface area contributed by atoms with Crippen LogP contribution in [0.5, 0.6) is 5.88 Å². The number of nitrogens with one attached hydrogen (secondary N) is 1. The molecule has 1 N–H and O–H groups in total. The van der Waals surface area contributed by atoms with Crippen molar-refractivity contribution in [2.24, 2.45) is 0 Å². The number of fused-ring (bicyclic) bond motifs is 2. The first kappa shape index (κ1) is 24.3. The van der Waals surface area contributed by atoms with E-state index in [0.29, 0.717) is 49.2 Å². The summed E-state index contributed by atoms with van der Waals surface area (Å²) < 4.78 is 10.6. The summed E-state index contributed by atoms with van der Waals surface area (Å²) in [6, 6.07) is 10.7. The van der Waals surface area contributed by atoms with Gasteiger partial charge in [0.25, 0.3) is 0 Å². The number of thioether (sulfide) groups is 1. The minimum absolute atomic E-state index is 0.0286. The molecule has 5 heterocycles. The van der Waals surface area contributed by atoms with E-state index < -0.39 is 12.1 Å². The van der Waals surface area contributed by atoms with Crippen LogP contribution in [0.3, 0.4) is 0 Å². The summed E-state index contributed by atoms with van der Waals surface area (Å²) >= 11 is 1.45. The number of pyridine rings is 2. The van der Waals surface area contributed by atoms with E-state index in [9.17, 15) is 14.4 Å². The Morgan fingerprint density at radius 3 is 2.82 bits per heavy atom. The number of anilines is 3. The topological polar surface area (TPSA) is 117 Å². The van der Waals surface area contributed by atoms with Crippen LogP contribution in [0.1, 0.15) is 6.42 Å². The van der Waals surface area contributed by atoms with Crippen LogP contribution in [-0.4, -0.2) is 84.5 Å². The Bertz CT molecular complexity index is 1430. The zero-order chi connectivity index (χ0) is 26.2. The number of hydrogen-bond donors (Lipinski definition) is 1. The number of rotatable bonds is 5. The van der Waals surface area contributed by atoms with Crippen molar-refractivity contribution < 1.29 is 23.9 Å². The third-order valence-corrected chi connectivity index (χ3v) is 8.04. The number of methoxy groups -OCH3 is 1. The molecule has 2 aromatic heterocycles. The zero-order valence-corrected chi connectivity index (χ0v) is 21.6. The van der Waals surface area contributed by atoms with Gasteiger partial charge in [0.15, 0.2) is 0 Å². The van der Waals surface area contributed by atoms with E-state index in [-0.39, 0.29) is 24.8 Å². The lowest BCUT2D eigenvalue weighted by molar-refractivity contribution is -0.131. The monoisotopic (exact) mass is 534 g/mol. The first-order valence-electron chi connectivity index (χ1n) is 12.4. The number of cyclic esters (lactones) is 1. The van der Waals surface area contributed by atoms with Crippen molar-refractivity contribution in [2.45, 2.75) is 17.4 Å². The van der Waals surface area contributed by atoms with Crippen LogP contribution in [0.2, 0.25) is 0 Å². The molecule has 38 heavy (non-hydrogen) atoms.